The zero-order valence-corrected chi connectivity index (χ0v) is 20.8. The molecule has 0 atom stereocenters. The molecule has 0 spiro atoms. The minimum Gasteiger partial charge on any atom is -0.465 e. The van der Waals surface area contributed by atoms with Gasteiger partial charge in [-0.3, -0.25) is 4.79 Å². The number of hydrogen-bond donors (Lipinski definition) is 0. The molecule has 4 aromatic rings. The Balaban J connectivity index is 1.40. The number of ether oxygens (including phenoxy) is 2. The summed E-state index contributed by atoms with van der Waals surface area (Å²) < 4.78 is 16.3. The topological polar surface area (TPSA) is 81.9 Å². The number of hydrogen-bond acceptors (Lipinski definition) is 6. The molecule has 7 nitrogen and oxygen atoms in total. The van der Waals surface area contributed by atoms with E-state index in [1.54, 1.807) is 6.92 Å². The van der Waals surface area contributed by atoms with Crippen molar-refractivity contribution >= 4 is 23.6 Å². The number of carbonyl (C=O) groups is 2. The second kappa shape index (κ2) is 10.3. The molecular weight excluding hydrogens is 468 g/mol. The Kier molecular flexibility index (Phi) is 6.77. The lowest BCUT2D eigenvalue weighted by molar-refractivity contribution is -0.146. The Hall–Kier alpha value is -4.39. The average molecular weight is 497 g/mol. The maximum Gasteiger partial charge on any atom is 0.420 e. The lowest BCUT2D eigenvalue weighted by Crippen LogP contribution is -2.27. The third-order valence-electron chi connectivity index (χ3n) is 6.56. The third kappa shape index (κ3) is 4.72. The molecule has 5 rings (SSSR count). The minimum absolute atomic E-state index is 0.137. The monoisotopic (exact) mass is 496 g/mol. The highest BCUT2D eigenvalue weighted by atomic mass is 16.6. The fourth-order valence-electron chi connectivity index (χ4n) is 4.48. The number of aromatic nitrogens is 1. The van der Waals surface area contributed by atoms with E-state index in [4.69, 9.17) is 13.9 Å². The summed E-state index contributed by atoms with van der Waals surface area (Å²) in [5.74, 6) is 0.682. The Morgan fingerprint density at radius 3 is 2.03 bits per heavy atom. The average Bonchev–Trinajstić information content (AvgIpc) is 3.62. The molecule has 0 N–H and O–H groups in total. The molecule has 1 amide bonds. The zero-order chi connectivity index (χ0) is 25.8. The summed E-state index contributed by atoms with van der Waals surface area (Å²) >= 11 is 0. The molecule has 1 heterocycles. The first-order valence-corrected chi connectivity index (χ1v) is 12.4. The van der Waals surface area contributed by atoms with Crippen LogP contribution in [0.3, 0.4) is 0 Å². The first kappa shape index (κ1) is 24.3. The van der Waals surface area contributed by atoms with Gasteiger partial charge >= 0.3 is 12.1 Å². The highest BCUT2D eigenvalue weighted by Gasteiger charge is 2.52. The molecular formula is C30H28N2O5. The molecule has 0 aliphatic heterocycles. The highest BCUT2D eigenvalue weighted by molar-refractivity contribution is 5.98. The Bertz CT molecular complexity index is 1370. The highest BCUT2D eigenvalue weighted by Crippen LogP contribution is 2.49. The SMILES string of the molecule is CCOC(=O)N(c1ccccc1)c1ncoc1-c1ccc(-c2ccc(C3(C(=O)OCC)CC3)cc2)cc1. The third-order valence-corrected chi connectivity index (χ3v) is 6.56. The Labute approximate surface area is 215 Å². The van der Waals surface area contributed by atoms with Crippen molar-refractivity contribution in [3.8, 4) is 22.5 Å². The summed E-state index contributed by atoms with van der Waals surface area (Å²) in [5, 5.41) is 0. The number of anilines is 2. The van der Waals surface area contributed by atoms with Crippen LogP contribution >= 0.6 is 0 Å². The van der Waals surface area contributed by atoms with Crippen LogP contribution < -0.4 is 4.90 Å². The predicted octanol–water partition coefficient (Wildman–Crippen LogP) is 6.90. The lowest BCUT2D eigenvalue weighted by atomic mass is 9.93. The molecule has 0 saturated heterocycles. The van der Waals surface area contributed by atoms with Crippen LogP contribution in [0.1, 0.15) is 32.3 Å². The van der Waals surface area contributed by atoms with Gasteiger partial charge in [-0.1, -0.05) is 66.7 Å². The van der Waals surface area contributed by atoms with Gasteiger partial charge in [-0.05, 0) is 55.5 Å². The summed E-state index contributed by atoms with van der Waals surface area (Å²) in [4.78, 5) is 31.0. The molecule has 1 fully saturated rings. The van der Waals surface area contributed by atoms with Crippen LogP contribution in [-0.2, 0) is 19.7 Å². The van der Waals surface area contributed by atoms with E-state index in [0.717, 1.165) is 35.1 Å². The summed E-state index contributed by atoms with van der Waals surface area (Å²) in [6.45, 7) is 4.22. The number of esters is 1. The first-order valence-electron chi connectivity index (χ1n) is 12.4. The van der Waals surface area contributed by atoms with E-state index >= 15 is 0 Å². The maximum atomic E-state index is 12.8. The fraction of sp³-hybridized carbons (Fsp3) is 0.233. The zero-order valence-electron chi connectivity index (χ0n) is 20.8. The molecule has 1 aliphatic rings. The van der Waals surface area contributed by atoms with Gasteiger partial charge in [0.25, 0.3) is 0 Å². The lowest BCUT2D eigenvalue weighted by Gasteiger charge is -2.20. The van der Waals surface area contributed by atoms with E-state index in [-0.39, 0.29) is 12.6 Å². The van der Waals surface area contributed by atoms with Crippen LogP contribution in [0.4, 0.5) is 16.3 Å². The Morgan fingerprint density at radius 1 is 0.838 bits per heavy atom. The number of oxazole rings is 1. The van der Waals surface area contributed by atoms with Crippen molar-refractivity contribution in [3.05, 3.63) is 90.8 Å². The molecule has 1 aromatic heterocycles. The van der Waals surface area contributed by atoms with Gasteiger partial charge in [0.15, 0.2) is 18.0 Å². The van der Waals surface area contributed by atoms with Gasteiger partial charge in [-0.2, -0.15) is 4.98 Å². The molecule has 1 aliphatic carbocycles. The number of benzene rings is 3. The van der Waals surface area contributed by atoms with E-state index in [2.05, 4.69) is 4.98 Å². The molecule has 0 bridgehead atoms. The number of nitrogens with zero attached hydrogens (tertiary/aromatic N) is 2. The van der Waals surface area contributed by atoms with Gasteiger partial charge in [0.1, 0.15) is 0 Å². The van der Waals surface area contributed by atoms with E-state index in [1.165, 1.54) is 11.3 Å². The van der Waals surface area contributed by atoms with Crippen LogP contribution in [0.5, 0.6) is 0 Å². The van der Waals surface area contributed by atoms with Gasteiger partial charge in [0, 0.05) is 5.56 Å². The molecule has 7 heteroatoms. The van der Waals surface area contributed by atoms with Crippen molar-refractivity contribution in [1.29, 1.82) is 0 Å². The van der Waals surface area contributed by atoms with Crippen LogP contribution in [0.25, 0.3) is 22.5 Å². The van der Waals surface area contributed by atoms with E-state index < -0.39 is 11.5 Å². The summed E-state index contributed by atoms with van der Waals surface area (Å²) in [6.07, 6.45) is 2.44. The Morgan fingerprint density at radius 2 is 1.43 bits per heavy atom. The van der Waals surface area contributed by atoms with Crippen molar-refractivity contribution in [1.82, 2.24) is 4.98 Å². The van der Waals surface area contributed by atoms with Crippen molar-refractivity contribution in [2.45, 2.75) is 32.1 Å². The molecule has 0 unspecified atom stereocenters. The molecule has 1 saturated carbocycles. The summed E-state index contributed by atoms with van der Waals surface area (Å²) in [7, 11) is 0. The van der Waals surface area contributed by atoms with Crippen molar-refractivity contribution < 1.29 is 23.5 Å². The van der Waals surface area contributed by atoms with Crippen LogP contribution in [-0.4, -0.2) is 30.3 Å². The van der Waals surface area contributed by atoms with Gasteiger partial charge in [0.05, 0.1) is 24.3 Å². The molecule has 0 radical (unpaired) electrons. The van der Waals surface area contributed by atoms with E-state index in [1.807, 2.05) is 85.8 Å². The normalized spacial score (nSPS) is 13.6. The molecule has 3 aromatic carbocycles. The van der Waals surface area contributed by atoms with Gasteiger partial charge in [-0.25, -0.2) is 9.69 Å². The van der Waals surface area contributed by atoms with E-state index in [0.29, 0.717) is 23.9 Å². The van der Waals surface area contributed by atoms with Crippen LogP contribution in [0.2, 0.25) is 0 Å². The molecule has 37 heavy (non-hydrogen) atoms. The van der Waals surface area contributed by atoms with Crippen molar-refractivity contribution in [3.63, 3.8) is 0 Å². The predicted molar refractivity (Wildman–Crippen MR) is 141 cm³/mol. The summed E-state index contributed by atoms with van der Waals surface area (Å²) in [6, 6.07) is 25.1. The van der Waals surface area contributed by atoms with Gasteiger partial charge in [0.2, 0.25) is 0 Å². The smallest absolute Gasteiger partial charge is 0.420 e. The largest absolute Gasteiger partial charge is 0.465 e. The minimum atomic E-state index is -0.531. The standard InChI is InChI=1S/C30H28N2O5/c1-3-35-28(33)30(18-19-30)24-16-14-22(15-17-24)21-10-12-23(13-11-21)26-27(31-20-37-26)32(29(34)36-4-2)25-8-6-5-7-9-25/h5-17,20H,3-4,18-19H2,1-2H3. The van der Waals surface area contributed by atoms with Crippen LogP contribution in [0, 0.1) is 0 Å². The number of para-hydroxylation sites is 1. The second-order valence-corrected chi connectivity index (χ2v) is 8.83. The number of rotatable bonds is 8. The quantitative estimate of drug-likeness (QED) is 0.247. The van der Waals surface area contributed by atoms with Crippen molar-refractivity contribution in [2.75, 3.05) is 18.1 Å². The van der Waals surface area contributed by atoms with Crippen LogP contribution in [0.15, 0.2) is 89.7 Å². The second-order valence-electron chi connectivity index (χ2n) is 8.83. The van der Waals surface area contributed by atoms with Gasteiger partial charge in [-0.15, -0.1) is 0 Å². The van der Waals surface area contributed by atoms with Crippen molar-refractivity contribution in [2.24, 2.45) is 0 Å². The number of carbonyl (C=O) groups excluding carboxylic acids is 2. The van der Waals surface area contributed by atoms with Gasteiger partial charge < -0.3 is 13.9 Å². The fourth-order valence-corrected chi connectivity index (χ4v) is 4.48. The maximum absolute atomic E-state index is 12.8. The number of amides is 1. The van der Waals surface area contributed by atoms with E-state index in [9.17, 15) is 9.59 Å². The summed E-state index contributed by atoms with van der Waals surface area (Å²) in [5.41, 5.74) is 3.97. The molecule has 188 valence electrons. The first-order chi connectivity index (χ1) is 18.1.